The van der Waals surface area contributed by atoms with E-state index in [1.807, 2.05) is 6.92 Å². The summed E-state index contributed by atoms with van der Waals surface area (Å²) in [6.45, 7) is 0.756. The molecule has 20 heavy (non-hydrogen) atoms. The van der Waals surface area contributed by atoms with Crippen LogP contribution >= 0.6 is 0 Å². The topological polar surface area (TPSA) is 54.3 Å². The van der Waals surface area contributed by atoms with Crippen LogP contribution in [0.4, 0.5) is 8.78 Å². The Labute approximate surface area is 116 Å². The summed E-state index contributed by atoms with van der Waals surface area (Å²) in [6, 6.07) is 2.85. The van der Waals surface area contributed by atoms with Crippen LogP contribution in [0.25, 0.3) is 0 Å². The molecule has 1 atom stereocenters. The summed E-state index contributed by atoms with van der Waals surface area (Å²) < 4.78 is 26.6. The van der Waals surface area contributed by atoms with Crippen molar-refractivity contribution in [2.45, 2.75) is 51.8 Å². The standard InChI is InChI=1S/C14H20F2N2O2/c1-3-11(9-6-10(19)7-9)17-13(20)12-5-4-8(2)18(12)14(15)16/h4-5,9-11,14,19H,3,6-7H2,1-2H3,(H,17,20)/t9?,10?,11-/m1/s1. The van der Waals surface area contributed by atoms with Crippen molar-refractivity contribution in [3.05, 3.63) is 23.5 Å². The zero-order chi connectivity index (χ0) is 14.9. The van der Waals surface area contributed by atoms with E-state index >= 15 is 0 Å². The zero-order valence-corrected chi connectivity index (χ0v) is 11.6. The highest BCUT2D eigenvalue weighted by molar-refractivity contribution is 5.93. The van der Waals surface area contributed by atoms with Gasteiger partial charge in [0.15, 0.2) is 0 Å². The van der Waals surface area contributed by atoms with Crippen LogP contribution in [0.2, 0.25) is 0 Å². The second-order valence-corrected chi connectivity index (χ2v) is 5.38. The number of aryl methyl sites for hydroxylation is 1. The number of aliphatic hydroxyl groups excluding tert-OH is 1. The Hall–Kier alpha value is -1.43. The first-order valence-corrected chi connectivity index (χ1v) is 6.89. The number of aliphatic hydroxyl groups is 1. The van der Waals surface area contributed by atoms with Crippen LogP contribution in [0.3, 0.4) is 0 Å². The Morgan fingerprint density at radius 2 is 2.15 bits per heavy atom. The first kappa shape index (κ1) is 15.0. The van der Waals surface area contributed by atoms with Crippen LogP contribution in [0.15, 0.2) is 12.1 Å². The Balaban J connectivity index is 2.07. The van der Waals surface area contributed by atoms with E-state index in [2.05, 4.69) is 5.32 Å². The second-order valence-electron chi connectivity index (χ2n) is 5.38. The molecule has 0 radical (unpaired) electrons. The first-order valence-electron chi connectivity index (χ1n) is 6.89. The highest BCUT2D eigenvalue weighted by Gasteiger charge is 2.34. The van der Waals surface area contributed by atoms with Crippen LogP contribution in [-0.4, -0.2) is 27.7 Å². The van der Waals surface area contributed by atoms with Crippen molar-refractivity contribution in [2.75, 3.05) is 0 Å². The molecule has 1 saturated carbocycles. The third kappa shape index (κ3) is 2.85. The summed E-state index contributed by atoms with van der Waals surface area (Å²) in [6.07, 6.45) is 1.75. The van der Waals surface area contributed by atoms with Crippen molar-refractivity contribution >= 4 is 5.91 Å². The van der Waals surface area contributed by atoms with E-state index in [1.165, 1.54) is 12.1 Å². The van der Waals surface area contributed by atoms with E-state index in [0.29, 0.717) is 18.5 Å². The molecule has 1 heterocycles. The Bertz CT molecular complexity index is 482. The lowest BCUT2D eigenvalue weighted by atomic mass is 9.76. The van der Waals surface area contributed by atoms with Crippen LogP contribution in [0.1, 0.15) is 48.9 Å². The summed E-state index contributed by atoms with van der Waals surface area (Å²) in [4.78, 5) is 12.2. The molecule has 0 spiro atoms. The highest BCUT2D eigenvalue weighted by Crippen LogP contribution is 2.31. The highest BCUT2D eigenvalue weighted by atomic mass is 19.3. The van der Waals surface area contributed by atoms with E-state index in [0.717, 1.165) is 11.0 Å². The molecular weight excluding hydrogens is 266 g/mol. The lowest BCUT2D eigenvalue weighted by Gasteiger charge is -2.37. The van der Waals surface area contributed by atoms with E-state index in [4.69, 9.17) is 0 Å². The molecule has 0 unspecified atom stereocenters. The predicted molar refractivity (Wildman–Crippen MR) is 70.7 cm³/mol. The number of alkyl halides is 2. The monoisotopic (exact) mass is 286 g/mol. The van der Waals surface area contributed by atoms with Crippen LogP contribution in [0.5, 0.6) is 0 Å². The number of hydrogen-bond donors (Lipinski definition) is 2. The van der Waals surface area contributed by atoms with E-state index < -0.39 is 12.5 Å². The minimum absolute atomic E-state index is 0.0178. The SMILES string of the molecule is CC[C@@H](NC(=O)c1ccc(C)n1C(F)F)C1CC(O)C1. The van der Waals surface area contributed by atoms with Gasteiger partial charge in [0.05, 0.1) is 6.10 Å². The van der Waals surface area contributed by atoms with Gasteiger partial charge in [-0.25, -0.2) is 0 Å². The van der Waals surface area contributed by atoms with Crippen molar-refractivity contribution in [1.29, 1.82) is 0 Å². The minimum atomic E-state index is -2.73. The Kier molecular flexibility index (Phi) is 4.42. The lowest BCUT2D eigenvalue weighted by molar-refractivity contribution is 0.0227. The molecular formula is C14H20F2N2O2. The summed E-state index contributed by atoms with van der Waals surface area (Å²) >= 11 is 0. The van der Waals surface area contributed by atoms with Gasteiger partial charge in [-0.1, -0.05) is 6.92 Å². The summed E-state index contributed by atoms with van der Waals surface area (Å²) in [5.41, 5.74) is 0.341. The summed E-state index contributed by atoms with van der Waals surface area (Å²) in [7, 11) is 0. The molecule has 0 aromatic carbocycles. The third-order valence-electron chi connectivity index (χ3n) is 4.02. The maximum atomic E-state index is 12.9. The smallest absolute Gasteiger partial charge is 0.319 e. The van der Waals surface area contributed by atoms with Crippen molar-refractivity contribution < 1.29 is 18.7 Å². The van der Waals surface area contributed by atoms with Gasteiger partial charge in [-0.2, -0.15) is 8.78 Å². The quantitative estimate of drug-likeness (QED) is 0.873. The van der Waals surface area contributed by atoms with Crippen molar-refractivity contribution in [2.24, 2.45) is 5.92 Å². The molecule has 1 aromatic rings. The van der Waals surface area contributed by atoms with Gasteiger partial charge in [0, 0.05) is 11.7 Å². The van der Waals surface area contributed by atoms with Gasteiger partial charge in [0.25, 0.3) is 5.91 Å². The fourth-order valence-electron chi connectivity index (χ4n) is 2.75. The molecule has 1 fully saturated rings. The molecule has 1 aliphatic carbocycles. The number of rotatable bonds is 5. The molecule has 6 heteroatoms. The van der Waals surface area contributed by atoms with Gasteiger partial charge in [-0.3, -0.25) is 9.36 Å². The van der Waals surface area contributed by atoms with Crippen molar-refractivity contribution in [3.8, 4) is 0 Å². The number of carbonyl (C=O) groups is 1. The predicted octanol–water partition coefficient (Wildman–Crippen LogP) is 2.47. The maximum Gasteiger partial charge on any atom is 0.319 e. The van der Waals surface area contributed by atoms with E-state index in [-0.39, 0.29) is 23.8 Å². The normalized spacial score (nSPS) is 23.5. The third-order valence-corrected chi connectivity index (χ3v) is 4.02. The number of hydrogen-bond acceptors (Lipinski definition) is 2. The molecule has 1 aliphatic rings. The summed E-state index contributed by atoms with van der Waals surface area (Å²) in [5, 5.41) is 12.1. The maximum absolute atomic E-state index is 12.9. The summed E-state index contributed by atoms with van der Waals surface area (Å²) in [5.74, 6) is -0.248. The van der Waals surface area contributed by atoms with Gasteiger partial charge in [-0.15, -0.1) is 0 Å². The fourth-order valence-corrected chi connectivity index (χ4v) is 2.75. The average Bonchev–Trinajstić information content (AvgIpc) is 2.74. The largest absolute Gasteiger partial charge is 0.393 e. The van der Waals surface area contributed by atoms with Crippen molar-refractivity contribution in [3.63, 3.8) is 0 Å². The average molecular weight is 286 g/mol. The number of aromatic nitrogens is 1. The molecule has 1 aromatic heterocycles. The molecule has 2 N–H and O–H groups in total. The fraction of sp³-hybridized carbons (Fsp3) is 0.643. The number of carbonyl (C=O) groups excluding carboxylic acids is 1. The van der Waals surface area contributed by atoms with Gasteiger partial charge >= 0.3 is 6.55 Å². The number of nitrogens with zero attached hydrogens (tertiary/aromatic N) is 1. The number of nitrogens with one attached hydrogen (secondary N) is 1. The lowest BCUT2D eigenvalue weighted by Crippen LogP contribution is -2.47. The van der Waals surface area contributed by atoms with Crippen LogP contribution < -0.4 is 5.32 Å². The van der Waals surface area contributed by atoms with E-state index in [9.17, 15) is 18.7 Å². The molecule has 1 amide bonds. The molecule has 2 rings (SSSR count). The molecule has 112 valence electrons. The van der Waals surface area contributed by atoms with Gasteiger partial charge < -0.3 is 10.4 Å². The van der Waals surface area contributed by atoms with Gasteiger partial charge in [0.2, 0.25) is 0 Å². The first-order chi connectivity index (χ1) is 9.43. The Morgan fingerprint density at radius 1 is 1.50 bits per heavy atom. The van der Waals surface area contributed by atoms with Crippen LogP contribution in [0, 0.1) is 12.8 Å². The van der Waals surface area contributed by atoms with E-state index in [1.54, 1.807) is 6.92 Å². The molecule has 0 saturated heterocycles. The van der Waals surface area contributed by atoms with Crippen molar-refractivity contribution in [1.82, 2.24) is 9.88 Å². The molecule has 0 bridgehead atoms. The van der Waals surface area contributed by atoms with Gasteiger partial charge in [-0.05, 0) is 44.2 Å². The van der Waals surface area contributed by atoms with Gasteiger partial charge in [0.1, 0.15) is 5.69 Å². The Morgan fingerprint density at radius 3 is 2.65 bits per heavy atom. The number of amides is 1. The minimum Gasteiger partial charge on any atom is -0.393 e. The second kappa shape index (κ2) is 5.91. The zero-order valence-electron chi connectivity index (χ0n) is 11.6. The van der Waals surface area contributed by atoms with Crippen LogP contribution in [-0.2, 0) is 0 Å². The number of halogens is 2. The molecule has 0 aliphatic heterocycles. The molecule has 4 nitrogen and oxygen atoms in total.